The van der Waals surface area contributed by atoms with Gasteiger partial charge in [-0.3, -0.25) is 4.79 Å². The van der Waals surface area contributed by atoms with Gasteiger partial charge in [-0.2, -0.15) is 13.2 Å². The Balaban J connectivity index is 2.78. The Hall–Kier alpha value is -1.78. The molecule has 0 unspecified atom stereocenters. The third-order valence-electron chi connectivity index (χ3n) is 2.65. The van der Waals surface area contributed by atoms with E-state index in [1.807, 2.05) is 6.92 Å². The van der Waals surface area contributed by atoms with Crippen LogP contribution in [0.1, 0.15) is 12.5 Å². The molecule has 2 rings (SSSR count). The van der Waals surface area contributed by atoms with Crippen LogP contribution in [0.15, 0.2) is 35.3 Å². The lowest BCUT2D eigenvalue weighted by molar-refractivity contribution is -0.137. The minimum Gasteiger partial charge on any atom is -0.348 e. The molecule has 0 saturated heterocycles. The van der Waals surface area contributed by atoms with E-state index in [0.29, 0.717) is 12.1 Å². The van der Waals surface area contributed by atoms with Crippen molar-refractivity contribution in [3.05, 3.63) is 46.2 Å². The fraction of sp³-hybridized carbons (Fsp3) is 0.250. The molecule has 1 heterocycles. The van der Waals surface area contributed by atoms with Gasteiger partial charge in [0.15, 0.2) is 5.43 Å². The monoisotopic (exact) mass is 241 g/mol. The van der Waals surface area contributed by atoms with E-state index in [-0.39, 0.29) is 5.39 Å². The molecule has 1 aromatic carbocycles. The predicted octanol–water partition coefficient (Wildman–Crippen LogP) is 3.04. The lowest BCUT2D eigenvalue weighted by atomic mass is 10.1. The molecule has 0 bridgehead atoms. The molecule has 2 aromatic rings. The average Bonchev–Trinajstić information content (AvgIpc) is 2.28. The summed E-state index contributed by atoms with van der Waals surface area (Å²) in [4.78, 5) is 11.5. The second-order valence-electron chi connectivity index (χ2n) is 3.70. The van der Waals surface area contributed by atoms with Gasteiger partial charge in [-0.15, -0.1) is 0 Å². The molecular formula is C12H10F3NO. The van der Waals surface area contributed by atoms with Crippen molar-refractivity contribution in [2.24, 2.45) is 0 Å². The summed E-state index contributed by atoms with van der Waals surface area (Å²) in [5.74, 6) is 0. The summed E-state index contributed by atoms with van der Waals surface area (Å²) in [5, 5.41) is 0.101. The zero-order valence-electron chi connectivity index (χ0n) is 9.08. The predicted molar refractivity (Wildman–Crippen MR) is 58.9 cm³/mol. The van der Waals surface area contributed by atoms with Crippen LogP contribution in [0.3, 0.4) is 0 Å². The van der Waals surface area contributed by atoms with E-state index in [0.717, 1.165) is 12.1 Å². The number of hydrogen-bond acceptors (Lipinski definition) is 1. The molecule has 0 amide bonds. The number of hydrogen-bond donors (Lipinski definition) is 0. The Morgan fingerprint density at radius 3 is 2.53 bits per heavy atom. The molecule has 0 aliphatic carbocycles. The molecule has 0 spiro atoms. The van der Waals surface area contributed by atoms with Gasteiger partial charge in [0.2, 0.25) is 0 Å². The molecule has 0 aliphatic rings. The zero-order chi connectivity index (χ0) is 12.6. The molecule has 0 radical (unpaired) electrons. The number of rotatable bonds is 1. The number of pyridine rings is 1. The van der Waals surface area contributed by atoms with Crippen LogP contribution < -0.4 is 5.43 Å². The largest absolute Gasteiger partial charge is 0.416 e. The van der Waals surface area contributed by atoms with Crippen LogP contribution in [0.5, 0.6) is 0 Å². The second kappa shape index (κ2) is 3.91. The van der Waals surface area contributed by atoms with Gasteiger partial charge in [0.05, 0.1) is 11.1 Å². The molecule has 0 saturated carbocycles. The SMILES string of the molecule is CCn1ccc(=O)c2cc(C(F)(F)F)ccc21. The van der Waals surface area contributed by atoms with Crippen molar-refractivity contribution in [2.45, 2.75) is 19.6 Å². The summed E-state index contributed by atoms with van der Waals surface area (Å²) in [5.41, 5.74) is -0.667. The zero-order valence-corrected chi connectivity index (χ0v) is 9.08. The van der Waals surface area contributed by atoms with Crippen LogP contribution in [0.25, 0.3) is 10.9 Å². The summed E-state index contributed by atoms with van der Waals surface area (Å²) in [7, 11) is 0. The third kappa shape index (κ3) is 2.05. The average molecular weight is 241 g/mol. The van der Waals surface area contributed by atoms with Crippen LogP contribution >= 0.6 is 0 Å². The quantitative estimate of drug-likeness (QED) is 0.752. The van der Waals surface area contributed by atoms with Gasteiger partial charge < -0.3 is 4.57 Å². The molecule has 0 aliphatic heterocycles. The van der Waals surface area contributed by atoms with E-state index < -0.39 is 17.2 Å². The molecule has 0 fully saturated rings. The highest BCUT2D eigenvalue weighted by Gasteiger charge is 2.30. The normalized spacial score (nSPS) is 12.0. The standard InChI is InChI=1S/C12H10F3NO/c1-2-16-6-5-11(17)9-7-8(12(13,14)15)3-4-10(9)16/h3-7H,2H2,1H3. The molecule has 90 valence electrons. The molecule has 17 heavy (non-hydrogen) atoms. The van der Waals surface area contributed by atoms with E-state index in [1.54, 1.807) is 10.8 Å². The van der Waals surface area contributed by atoms with E-state index in [2.05, 4.69) is 0 Å². The number of halogens is 3. The van der Waals surface area contributed by atoms with Crippen molar-refractivity contribution >= 4 is 10.9 Å². The minimum absolute atomic E-state index is 0.101. The highest BCUT2D eigenvalue weighted by molar-refractivity contribution is 5.79. The van der Waals surface area contributed by atoms with Gasteiger partial charge >= 0.3 is 6.18 Å². The fourth-order valence-electron chi connectivity index (χ4n) is 1.76. The van der Waals surface area contributed by atoms with E-state index >= 15 is 0 Å². The van der Waals surface area contributed by atoms with Crippen molar-refractivity contribution in [3.63, 3.8) is 0 Å². The first-order valence-corrected chi connectivity index (χ1v) is 5.14. The summed E-state index contributed by atoms with van der Waals surface area (Å²) in [6, 6.07) is 4.52. The first kappa shape index (κ1) is 11.7. The summed E-state index contributed by atoms with van der Waals surface area (Å²) in [6.45, 7) is 2.46. The highest BCUT2D eigenvalue weighted by atomic mass is 19.4. The van der Waals surface area contributed by atoms with Crippen molar-refractivity contribution in [2.75, 3.05) is 0 Å². The number of nitrogens with zero attached hydrogens (tertiary/aromatic N) is 1. The topological polar surface area (TPSA) is 22.0 Å². The van der Waals surface area contributed by atoms with E-state index in [1.165, 1.54) is 12.1 Å². The second-order valence-corrected chi connectivity index (χ2v) is 3.70. The Labute approximate surface area is 95.3 Å². The van der Waals surface area contributed by atoms with Gasteiger partial charge in [0.25, 0.3) is 0 Å². The highest BCUT2D eigenvalue weighted by Crippen LogP contribution is 2.30. The van der Waals surface area contributed by atoms with Gasteiger partial charge in [0, 0.05) is 24.2 Å². The third-order valence-corrected chi connectivity index (χ3v) is 2.65. The Morgan fingerprint density at radius 2 is 1.94 bits per heavy atom. The lowest BCUT2D eigenvalue weighted by Crippen LogP contribution is -2.10. The summed E-state index contributed by atoms with van der Waals surface area (Å²) >= 11 is 0. The van der Waals surface area contributed by atoms with E-state index in [9.17, 15) is 18.0 Å². The molecule has 0 atom stereocenters. The number of benzene rings is 1. The first-order valence-electron chi connectivity index (χ1n) is 5.14. The Morgan fingerprint density at radius 1 is 1.24 bits per heavy atom. The molecule has 1 aromatic heterocycles. The maximum atomic E-state index is 12.5. The maximum absolute atomic E-state index is 12.5. The van der Waals surface area contributed by atoms with Gasteiger partial charge in [0.1, 0.15) is 0 Å². The molecule has 5 heteroatoms. The van der Waals surface area contributed by atoms with Crippen LogP contribution in [-0.2, 0) is 12.7 Å². The van der Waals surface area contributed by atoms with Gasteiger partial charge in [-0.1, -0.05) is 0 Å². The maximum Gasteiger partial charge on any atom is 0.416 e. The number of alkyl halides is 3. The van der Waals surface area contributed by atoms with E-state index in [4.69, 9.17) is 0 Å². The first-order chi connectivity index (χ1) is 7.93. The van der Waals surface area contributed by atoms with Gasteiger partial charge in [-0.05, 0) is 25.1 Å². The number of fused-ring (bicyclic) bond motifs is 1. The summed E-state index contributed by atoms with van der Waals surface area (Å²) < 4.78 is 39.3. The Bertz CT molecular complexity index is 613. The fourth-order valence-corrected chi connectivity index (χ4v) is 1.76. The van der Waals surface area contributed by atoms with Crippen molar-refractivity contribution in [3.8, 4) is 0 Å². The number of aryl methyl sites for hydroxylation is 1. The van der Waals surface area contributed by atoms with Crippen LogP contribution in [0, 0.1) is 0 Å². The molecule has 2 nitrogen and oxygen atoms in total. The Kier molecular flexibility index (Phi) is 2.69. The van der Waals surface area contributed by atoms with Crippen molar-refractivity contribution in [1.82, 2.24) is 4.57 Å². The smallest absolute Gasteiger partial charge is 0.348 e. The minimum atomic E-state index is -4.42. The number of aromatic nitrogens is 1. The summed E-state index contributed by atoms with van der Waals surface area (Å²) in [6.07, 6.45) is -2.84. The van der Waals surface area contributed by atoms with Crippen molar-refractivity contribution < 1.29 is 13.2 Å². The van der Waals surface area contributed by atoms with Crippen LogP contribution in [0.4, 0.5) is 13.2 Å². The van der Waals surface area contributed by atoms with Crippen molar-refractivity contribution in [1.29, 1.82) is 0 Å². The van der Waals surface area contributed by atoms with Crippen LogP contribution in [0.2, 0.25) is 0 Å². The van der Waals surface area contributed by atoms with Gasteiger partial charge in [-0.25, -0.2) is 0 Å². The van der Waals surface area contributed by atoms with Crippen LogP contribution in [-0.4, -0.2) is 4.57 Å². The lowest BCUT2D eigenvalue weighted by Gasteiger charge is -2.11. The molecular weight excluding hydrogens is 231 g/mol. The molecule has 0 N–H and O–H groups in total.